The lowest BCUT2D eigenvalue weighted by Gasteiger charge is -2.22. The number of nitrogens with one attached hydrogen (secondary N) is 1. The van der Waals surface area contributed by atoms with Gasteiger partial charge in [0.2, 0.25) is 0 Å². The molecule has 1 aliphatic rings. The monoisotopic (exact) mass is 355 g/mol. The van der Waals surface area contributed by atoms with E-state index < -0.39 is 0 Å². The van der Waals surface area contributed by atoms with Gasteiger partial charge < -0.3 is 15.0 Å². The first-order chi connectivity index (χ1) is 12.6. The van der Waals surface area contributed by atoms with Crippen LogP contribution in [0.2, 0.25) is 0 Å². The first-order valence-electron chi connectivity index (χ1n) is 9.21. The molecule has 1 aromatic carbocycles. The maximum Gasteiger partial charge on any atom is 0.193 e. The van der Waals surface area contributed by atoms with Crippen LogP contribution in [0.4, 0.5) is 0 Å². The van der Waals surface area contributed by atoms with Gasteiger partial charge in [-0.05, 0) is 37.0 Å². The zero-order chi connectivity index (χ0) is 18.5. The molecule has 2 aromatic rings. The Morgan fingerprint density at radius 1 is 1.35 bits per heavy atom. The van der Waals surface area contributed by atoms with E-state index in [1.807, 2.05) is 25.0 Å². The van der Waals surface area contributed by atoms with Crippen molar-refractivity contribution < 1.29 is 4.74 Å². The quantitative estimate of drug-likeness (QED) is 0.509. The average Bonchev–Trinajstić information content (AvgIpc) is 3.26. The van der Waals surface area contributed by atoms with Gasteiger partial charge in [0.15, 0.2) is 5.96 Å². The summed E-state index contributed by atoms with van der Waals surface area (Å²) in [5.41, 5.74) is 3.66. The van der Waals surface area contributed by atoms with Crippen molar-refractivity contribution >= 4 is 5.96 Å². The highest BCUT2D eigenvalue weighted by atomic mass is 16.5. The molecule has 0 bridgehead atoms. The first-order valence-corrected chi connectivity index (χ1v) is 9.21. The maximum absolute atomic E-state index is 5.97. The van der Waals surface area contributed by atoms with Gasteiger partial charge in [-0.1, -0.05) is 18.2 Å². The van der Waals surface area contributed by atoms with E-state index in [1.165, 1.54) is 16.7 Å². The maximum atomic E-state index is 5.97. The van der Waals surface area contributed by atoms with E-state index in [4.69, 9.17) is 4.74 Å². The molecule has 26 heavy (non-hydrogen) atoms. The molecule has 1 atom stereocenters. The number of likely N-dealkylation sites (tertiary alicyclic amines) is 1. The van der Waals surface area contributed by atoms with Gasteiger partial charge >= 0.3 is 0 Å². The van der Waals surface area contributed by atoms with Crippen LogP contribution in [-0.2, 0) is 7.05 Å². The normalized spacial score (nSPS) is 17.6. The lowest BCUT2D eigenvalue weighted by molar-refractivity contribution is 0.315. The Kier molecular flexibility index (Phi) is 5.81. The number of para-hydroxylation sites is 1. The highest BCUT2D eigenvalue weighted by Crippen LogP contribution is 2.26. The van der Waals surface area contributed by atoms with Crippen molar-refractivity contribution in [3.8, 4) is 5.75 Å². The number of benzene rings is 1. The lowest BCUT2D eigenvalue weighted by atomic mass is 10.0. The number of hydrogen-bond acceptors (Lipinski definition) is 3. The third-order valence-corrected chi connectivity index (χ3v) is 4.94. The van der Waals surface area contributed by atoms with Crippen molar-refractivity contribution in [3.63, 3.8) is 0 Å². The minimum Gasteiger partial charge on any atom is -0.491 e. The molecule has 1 fully saturated rings. The second-order valence-corrected chi connectivity index (χ2v) is 6.92. The van der Waals surface area contributed by atoms with E-state index in [0.29, 0.717) is 12.5 Å². The molecule has 1 saturated heterocycles. The summed E-state index contributed by atoms with van der Waals surface area (Å²) >= 11 is 0. The highest BCUT2D eigenvalue weighted by molar-refractivity contribution is 5.80. The van der Waals surface area contributed by atoms with Crippen molar-refractivity contribution in [2.45, 2.75) is 26.2 Å². The largest absolute Gasteiger partial charge is 0.491 e. The van der Waals surface area contributed by atoms with E-state index in [9.17, 15) is 0 Å². The van der Waals surface area contributed by atoms with E-state index >= 15 is 0 Å². The molecule has 1 N–H and O–H groups in total. The summed E-state index contributed by atoms with van der Waals surface area (Å²) in [6.45, 7) is 7.49. The highest BCUT2D eigenvalue weighted by Gasteiger charge is 2.26. The molecule has 0 aliphatic carbocycles. The number of nitrogens with zero attached hydrogens (tertiary/aromatic N) is 4. The van der Waals surface area contributed by atoms with E-state index in [-0.39, 0.29) is 0 Å². The van der Waals surface area contributed by atoms with Gasteiger partial charge in [0, 0.05) is 39.3 Å². The fourth-order valence-electron chi connectivity index (χ4n) is 3.55. The van der Waals surface area contributed by atoms with E-state index in [2.05, 4.69) is 58.6 Å². The van der Waals surface area contributed by atoms with Gasteiger partial charge in [-0.3, -0.25) is 9.67 Å². The predicted octanol–water partition coefficient (Wildman–Crippen LogP) is 2.48. The van der Waals surface area contributed by atoms with Gasteiger partial charge in [0.1, 0.15) is 12.4 Å². The van der Waals surface area contributed by atoms with E-state index in [1.54, 1.807) is 0 Å². The Bertz CT molecular complexity index is 747. The SMILES string of the molecule is CN=C(NCCOc1c(C)cccc1C)N1CCC(c2cnn(C)c2)C1. The number of guanidine groups is 1. The second-order valence-electron chi connectivity index (χ2n) is 6.92. The topological polar surface area (TPSA) is 54.7 Å². The zero-order valence-electron chi connectivity index (χ0n) is 16.2. The Morgan fingerprint density at radius 3 is 2.77 bits per heavy atom. The zero-order valence-corrected chi connectivity index (χ0v) is 16.2. The second kappa shape index (κ2) is 8.25. The molecule has 6 nitrogen and oxygen atoms in total. The average molecular weight is 355 g/mol. The standard InChI is InChI=1S/C20H29N5O/c1-15-6-5-7-16(2)19(15)26-11-9-22-20(21-3)25-10-8-17(14-25)18-12-23-24(4)13-18/h5-7,12-13,17H,8-11,14H2,1-4H3,(H,21,22). The van der Waals surface area contributed by atoms with Crippen molar-refractivity contribution in [2.24, 2.45) is 12.0 Å². The van der Waals surface area contributed by atoms with Crippen LogP contribution in [-0.4, -0.2) is 53.9 Å². The number of aliphatic imine (C=N–C) groups is 1. The summed E-state index contributed by atoms with van der Waals surface area (Å²) in [7, 11) is 3.80. The molecule has 0 saturated carbocycles. The molecule has 1 unspecified atom stereocenters. The van der Waals surface area contributed by atoms with Crippen LogP contribution in [0.5, 0.6) is 5.75 Å². The summed E-state index contributed by atoms with van der Waals surface area (Å²) in [5, 5.41) is 7.72. The summed E-state index contributed by atoms with van der Waals surface area (Å²) in [6.07, 6.45) is 5.22. The number of aryl methyl sites for hydroxylation is 3. The molecule has 2 heterocycles. The minimum atomic E-state index is 0.521. The Balaban J connectivity index is 1.48. The predicted molar refractivity (Wildman–Crippen MR) is 105 cm³/mol. The van der Waals surface area contributed by atoms with Crippen molar-refractivity contribution in [3.05, 3.63) is 47.3 Å². The Morgan fingerprint density at radius 2 is 2.12 bits per heavy atom. The van der Waals surface area contributed by atoms with Crippen molar-refractivity contribution in [1.29, 1.82) is 0 Å². The molecule has 140 valence electrons. The van der Waals surface area contributed by atoms with Gasteiger partial charge in [-0.25, -0.2) is 0 Å². The van der Waals surface area contributed by atoms with Gasteiger partial charge in [-0.15, -0.1) is 0 Å². The van der Waals surface area contributed by atoms with Crippen molar-refractivity contribution in [2.75, 3.05) is 33.3 Å². The molecule has 1 aliphatic heterocycles. The van der Waals surface area contributed by atoms with Crippen LogP contribution in [0, 0.1) is 13.8 Å². The fraction of sp³-hybridized carbons (Fsp3) is 0.500. The first kappa shape index (κ1) is 18.3. The molecule has 3 rings (SSSR count). The Hall–Kier alpha value is -2.50. The summed E-state index contributed by atoms with van der Waals surface area (Å²) < 4.78 is 7.84. The van der Waals surface area contributed by atoms with Crippen LogP contribution in [0.15, 0.2) is 35.6 Å². The van der Waals surface area contributed by atoms with Gasteiger partial charge in [0.05, 0.1) is 12.7 Å². The van der Waals surface area contributed by atoms with Gasteiger partial charge in [0.25, 0.3) is 0 Å². The van der Waals surface area contributed by atoms with Crippen LogP contribution in [0.3, 0.4) is 0 Å². The van der Waals surface area contributed by atoms with Crippen LogP contribution < -0.4 is 10.1 Å². The summed E-state index contributed by atoms with van der Waals surface area (Å²) in [6, 6.07) is 6.22. The third-order valence-electron chi connectivity index (χ3n) is 4.94. The Labute approximate surface area is 155 Å². The molecule has 0 spiro atoms. The van der Waals surface area contributed by atoms with Crippen LogP contribution in [0.1, 0.15) is 29.0 Å². The summed E-state index contributed by atoms with van der Waals surface area (Å²) in [4.78, 5) is 6.75. The van der Waals surface area contributed by atoms with Crippen molar-refractivity contribution in [1.82, 2.24) is 20.0 Å². The third kappa shape index (κ3) is 4.18. The molecule has 1 aromatic heterocycles. The molecule has 6 heteroatoms. The molecule has 0 radical (unpaired) electrons. The van der Waals surface area contributed by atoms with Gasteiger partial charge in [-0.2, -0.15) is 5.10 Å². The van der Waals surface area contributed by atoms with Crippen LogP contribution in [0.25, 0.3) is 0 Å². The number of ether oxygens (including phenoxy) is 1. The molecular weight excluding hydrogens is 326 g/mol. The van der Waals surface area contributed by atoms with Crippen LogP contribution >= 0.6 is 0 Å². The lowest BCUT2D eigenvalue weighted by Crippen LogP contribution is -2.41. The fourth-order valence-corrected chi connectivity index (χ4v) is 3.55. The summed E-state index contributed by atoms with van der Waals surface area (Å²) in [5.74, 6) is 2.46. The number of hydrogen-bond donors (Lipinski definition) is 1. The molecule has 0 amide bonds. The minimum absolute atomic E-state index is 0.521. The van der Waals surface area contributed by atoms with E-state index in [0.717, 1.165) is 37.8 Å². The number of rotatable bonds is 5. The smallest absolute Gasteiger partial charge is 0.193 e. The molecular formula is C20H29N5O. The number of aromatic nitrogens is 2.